The molecule has 4 heteroatoms. The van der Waals surface area contributed by atoms with Gasteiger partial charge in [-0.05, 0) is 17.2 Å². The van der Waals surface area contributed by atoms with Crippen molar-refractivity contribution in [1.29, 1.82) is 0 Å². The van der Waals surface area contributed by atoms with Gasteiger partial charge in [-0.25, -0.2) is 0 Å². The lowest BCUT2D eigenvalue weighted by Gasteiger charge is -2.08. The summed E-state index contributed by atoms with van der Waals surface area (Å²) in [4.78, 5) is 0. The lowest BCUT2D eigenvalue weighted by atomic mass is 9.98. The summed E-state index contributed by atoms with van der Waals surface area (Å²) in [7, 11) is 0. The average Bonchev–Trinajstić information content (AvgIpc) is 2.86. The number of hydrogen-bond donors (Lipinski definition) is 2. The Morgan fingerprint density at radius 3 is 2.59 bits per heavy atom. The molecule has 0 aliphatic rings. The van der Waals surface area contributed by atoms with E-state index < -0.39 is 0 Å². The highest BCUT2D eigenvalue weighted by atomic mass is 15.3. The number of nitrogens with one attached hydrogen (secondary N) is 1. The van der Waals surface area contributed by atoms with Gasteiger partial charge < -0.3 is 5.73 Å². The maximum atomic E-state index is 5.79. The minimum atomic E-state index is 0.493. The maximum absolute atomic E-state index is 5.79. The third kappa shape index (κ3) is 1.59. The molecule has 0 amide bonds. The van der Waals surface area contributed by atoms with Gasteiger partial charge >= 0.3 is 0 Å². The van der Waals surface area contributed by atoms with E-state index in [2.05, 4.69) is 27.5 Å². The van der Waals surface area contributed by atoms with Crippen molar-refractivity contribution in [1.82, 2.24) is 15.4 Å². The molecule has 2 aromatic carbocycles. The first-order valence-corrected chi connectivity index (χ1v) is 5.48. The number of benzene rings is 2. The summed E-state index contributed by atoms with van der Waals surface area (Å²) in [5, 5.41) is 11.0. The van der Waals surface area contributed by atoms with Crippen molar-refractivity contribution >= 4 is 11.0 Å². The van der Waals surface area contributed by atoms with Gasteiger partial charge in [0.1, 0.15) is 11.0 Å². The van der Waals surface area contributed by atoms with Gasteiger partial charge in [0.25, 0.3) is 0 Å². The highest BCUT2D eigenvalue weighted by molar-refractivity contribution is 5.93. The number of nitrogens with zero attached hydrogens (tertiary/aromatic N) is 2. The van der Waals surface area contributed by atoms with Crippen LogP contribution < -0.4 is 5.73 Å². The monoisotopic (exact) mass is 224 g/mol. The number of aromatic nitrogens is 3. The standard InChI is InChI=1S/C13H12N4/c14-8-10-6-7-11-13(16-17-15-11)12(10)9-4-2-1-3-5-9/h1-7H,8,14H2,(H,15,16,17). The van der Waals surface area contributed by atoms with Gasteiger partial charge in [0, 0.05) is 12.1 Å². The molecule has 4 nitrogen and oxygen atoms in total. The molecule has 0 bridgehead atoms. The zero-order valence-electron chi connectivity index (χ0n) is 9.22. The Kier molecular flexibility index (Phi) is 2.34. The third-order valence-corrected chi connectivity index (χ3v) is 2.86. The normalized spacial score (nSPS) is 10.9. The SMILES string of the molecule is NCc1ccc2n[nH]nc2c1-c1ccccc1. The van der Waals surface area contributed by atoms with Crippen LogP contribution in [0, 0.1) is 0 Å². The molecule has 0 aliphatic carbocycles. The van der Waals surface area contributed by atoms with E-state index in [1.54, 1.807) is 0 Å². The molecular weight excluding hydrogens is 212 g/mol. The van der Waals surface area contributed by atoms with Crippen LogP contribution in [-0.2, 0) is 6.54 Å². The zero-order valence-corrected chi connectivity index (χ0v) is 9.22. The van der Waals surface area contributed by atoms with Crippen molar-refractivity contribution < 1.29 is 0 Å². The summed E-state index contributed by atoms with van der Waals surface area (Å²) < 4.78 is 0. The molecular formula is C13H12N4. The van der Waals surface area contributed by atoms with Crippen LogP contribution in [0.15, 0.2) is 42.5 Å². The molecule has 3 aromatic rings. The molecule has 1 heterocycles. The second kappa shape index (κ2) is 3.99. The lowest BCUT2D eigenvalue weighted by Crippen LogP contribution is -1.99. The molecule has 3 rings (SSSR count). The van der Waals surface area contributed by atoms with Gasteiger partial charge in [0.05, 0.1) is 0 Å². The smallest absolute Gasteiger partial charge is 0.121 e. The molecule has 0 fully saturated rings. The number of hydrogen-bond acceptors (Lipinski definition) is 3. The zero-order chi connectivity index (χ0) is 11.7. The van der Waals surface area contributed by atoms with Crippen molar-refractivity contribution in [3.05, 3.63) is 48.0 Å². The Morgan fingerprint density at radius 2 is 1.82 bits per heavy atom. The van der Waals surface area contributed by atoms with Gasteiger partial charge in [-0.15, -0.1) is 0 Å². The van der Waals surface area contributed by atoms with E-state index in [0.29, 0.717) is 6.54 Å². The predicted molar refractivity (Wildman–Crippen MR) is 67.2 cm³/mol. The second-order valence-corrected chi connectivity index (χ2v) is 3.86. The number of nitrogens with two attached hydrogens (primary N) is 1. The summed E-state index contributed by atoms with van der Waals surface area (Å²) in [6.07, 6.45) is 0. The van der Waals surface area contributed by atoms with Crippen LogP contribution in [0.25, 0.3) is 22.2 Å². The molecule has 3 N–H and O–H groups in total. The van der Waals surface area contributed by atoms with Crippen LogP contribution in [0.2, 0.25) is 0 Å². The molecule has 0 saturated carbocycles. The molecule has 84 valence electrons. The first-order chi connectivity index (χ1) is 8.40. The van der Waals surface area contributed by atoms with Gasteiger partial charge in [-0.1, -0.05) is 36.4 Å². The van der Waals surface area contributed by atoms with Gasteiger partial charge in [0.15, 0.2) is 0 Å². The third-order valence-electron chi connectivity index (χ3n) is 2.86. The van der Waals surface area contributed by atoms with E-state index in [1.165, 1.54) is 0 Å². The highest BCUT2D eigenvalue weighted by Crippen LogP contribution is 2.29. The van der Waals surface area contributed by atoms with Crippen molar-refractivity contribution in [2.24, 2.45) is 5.73 Å². The summed E-state index contributed by atoms with van der Waals surface area (Å²) in [6, 6.07) is 14.1. The minimum absolute atomic E-state index is 0.493. The molecule has 0 atom stereocenters. The molecule has 0 saturated heterocycles. The quantitative estimate of drug-likeness (QED) is 0.700. The minimum Gasteiger partial charge on any atom is -0.326 e. The van der Waals surface area contributed by atoms with Crippen LogP contribution in [0.1, 0.15) is 5.56 Å². The van der Waals surface area contributed by atoms with E-state index in [4.69, 9.17) is 5.73 Å². The Balaban J connectivity index is 2.36. The van der Waals surface area contributed by atoms with Gasteiger partial charge in [-0.3, -0.25) is 0 Å². The van der Waals surface area contributed by atoms with E-state index in [9.17, 15) is 0 Å². The van der Waals surface area contributed by atoms with E-state index in [1.807, 2.05) is 30.3 Å². The Hall–Kier alpha value is -2.20. The summed E-state index contributed by atoms with van der Waals surface area (Å²) >= 11 is 0. The number of aromatic amines is 1. The van der Waals surface area contributed by atoms with Crippen LogP contribution in [0.5, 0.6) is 0 Å². The Morgan fingerprint density at radius 1 is 1.00 bits per heavy atom. The Bertz CT molecular complexity index is 643. The topological polar surface area (TPSA) is 67.6 Å². The maximum Gasteiger partial charge on any atom is 0.121 e. The van der Waals surface area contributed by atoms with Crippen LogP contribution in [0.4, 0.5) is 0 Å². The summed E-state index contributed by atoms with van der Waals surface area (Å²) in [5.41, 5.74) is 10.8. The number of H-pyrrole nitrogens is 1. The molecule has 0 unspecified atom stereocenters. The van der Waals surface area contributed by atoms with Crippen molar-refractivity contribution in [3.63, 3.8) is 0 Å². The van der Waals surface area contributed by atoms with Crippen molar-refractivity contribution in [3.8, 4) is 11.1 Å². The van der Waals surface area contributed by atoms with Crippen LogP contribution in [-0.4, -0.2) is 15.4 Å². The molecule has 1 aromatic heterocycles. The molecule has 17 heavy (non-hydrogen) atoms. The first-order valence-electron chi connectivity index (χ1n) is 5.48. The first kappa shape index (κ1) is 9.99. The van der Waals surface area contributed by atoms with Gasteiger partial charge in [0.2, 0.25) is 0 Å². The molecule has 0 radical (unpaired) electrons. The van der Waals surface area contributed by atoms with Crippen LogP contribution >= 0.6 is 0 Å². The number of rotatable bonds is 2. The Labute approximate surface area is 98.5 Å². The second-order valence-electron chi connectivity index (χ2n) is 3.86. The van der Waals surface area contributed by atoms with Crippen LogP contribution in [0.3, 0.4) is 0 Å². The predicted octanol–water partition coefficient (Wildman–Crippen LogP) is 2.08. The average molecular weight is 224 g/mol. The number of fused-ring (bicyclic) bond motifs is 1. The molecule has 0 spiro atoms. The molecule has 0 aliphatic heterocycles. The lowest BCUT2D eigenvalue weighted by molar-refractivity contribution is 0.959. The fourth-order valence-electron chi connectivity index (χ4n) is 2.05. The summed E-state index contributed by atoms with van der Waals surface area (Å²) in [5.74, 6) is 0. The highest BCUT2D eigenvalue weighted by Gasteiger charge is 2.11. The van der Waals surface area contributed by atoms with Crippen molar-refractivity contribution in [2.75, 3.05) is 0 Å². The fourth-order valence-corrected chi connectivity index (χ4v) is 2.05. The van der Waals surface area contributed by atoms with E-state index >= 15 is 0 Å². The van der Waals surface area contributed by atoms with E-state index in [0.717, 1.165) is 27.7 Å². The summed E-state index contributed by atoms with van der Waals surface area (Å²) in [6.45, 7) is 0.493. The van der Waals surface area contributed by atoms with Gasteiger partial charge in [-0.2, -0.15) is 15.4 Å². The fraction of sp³-hybridized carbons (Fsp3) is 0.0769. The largest absolute Gasteiger partial charge is 0.326 e. The van der Waals surface area contributed by atoms with Crippen molar-refractivity contribution in [2.45, 2.75) is 6.54 Å². The van der Waals surface area contributed by atoms with E-state index in [-0.39, 0.29) is 0 Å².